The molecule has 0 spiro atoms. The van der Waals surface area contributed by atoms with Gasteiger partial charge >= 0.3 is 0 Å². The van der Waals surface area contributed by atoms with Crippen LogP contribution in [0.25, 0.3) is 4.96 Å². The van der Waals surface area contributed by atoms with Crippen LogP contribution in [0.3, 0.4) is 0 Å². The van der Waals surface area contributed by atoms with Gasteiger partial charge in [0, 0.05) is 75.7 Å². The van der Waals surface area contributed by atoms with E-state index in [1.807, 2.05) is 0 Å². The molecule has 1 aliphatic carbocycles. The Kier molecular flexibility index (Phi) is 4.54. The fourth-order valence-electron chi connectivity index (χ4n) is 4.90. The van der Waals surface area contributed by atoms with E-state index < -0.39 is 0 Å². The van der Waals surface area contributed by atoms with Gasteiger partial charge in [-0.05, 0) is 12.8 Å². The van der Waals surface area contributed by atoms with Crippen molar-refractivity contribution in [2.45, 2.75) is 50.7 Å². The van der Waals surface area contributed by atoms with Crippen LogP contribution in [0.4, 0.5) is 0 Å². The number of imidazole rings is 1. The Morgan fingerprint density at radius 3 is 2.40 bits per heavy atom. The Balaban J connectivity index is 1.07. The Morgan fingerprint density at radius 2 is 1.68 bits per heavy atom. The van der Waals surface area contributed by atoms with E-state index >= 15 is 0 Å². The Labute approximate surface area is 154 Å². The average molecular weight is 360 g/mol. The number of nitrogens with zero attached hydrogens (tertiary/aromatic N) is 5. The van der Waals surface area contributed by atoms with Crippen LogP contribution in [-0.4, -0.2) is 75.4 Å². The van der Waals surface area contributed by atoms with Crippen LogP contribution >= 0.6 is 11.3 Å². The van der Waals surface area contributed by atoms with Gasteiger partial charge in [-0.1, -0.05) is 19.3 Å². The summed E-state index contributed by atoms with van der Waals surface area (Å²) >= 11 is 1.72. The molecule has 0 atom stereocenters. The van der Waals surface area contributed by atoms with Crippen molar-refractivity contribution in [3.63, 3.8) is 0 Å². The van der Waals surface area contributed by atoms with E-state index in [9.17, 15) is 0 Å². The standard InChI is InChI=1S/C19H29N5S/c1-2-4-17(5-3-1)22-6-8-23(9-7-22)18-14-21(15-18)12-16-13-24-10-11-25-19(24)20-16/h10-11,13,17-18H,1-9,12,14-15H2. The summed E-state index contributed by atoms with van der Waals surface area (Å²) in [6, 6.07) is 1.67. The van der Waals surface area contributed by atoms with Crippen LogP contribution in [0, 0.1) is 0 Å². The van der Waals surface area contributed by atoms with Crippen molar-refractivity contribution in [2.24, 2.45) is 0 Å². The highest BCUT2D eigenvalue weighted by molar-refractivity contribution is 7.15. The van der Waals surface area contributed by atoms with Crippen molar-refractivity contribution in [3.8, 4) is 0 Å². The van der Waals surface area contributed by atoms with Gasteiger partial charge in [-0.15, -0.1) is 11.3 Å². The smallest absolute Gasteiger partial charge is 0.193 e. The molecular formula is C19H29N5S. The fourth-order valence-corrected chi connectivity index (χ4v) is 5.62. The molecule has 4 heterocycles. The lowest BCUT2D eigenvalue weighted by atomic mass is 9.93. The van der Waals surface area contributed by atoms with E-state index in [0.717, 1.165) is 23.6 Å². The SMILES string of the molecule is c1cn2cc(CN3CC(N4CCN(C5CCCCC5)CC4)C3)nc2s1. The molecule has 0 amide bonds. The molecule has 2 aliphatic heterocycles. The molecule has 0 unspecified atom stereocenters. The van der Waals surface area contributed by atoms with Gasteiger partial charge in [0.15, 0.2) is 4.96 Å². The molecule has 136 valence electrons. The van der Waals surface area contributed by atoms with Crippen LogP contribution in [0.5, 0.6) is 0 Å². The van der Waals surface area contributed by atoms with Crippen LogP contribution in [-0.2, 0) is 6.54 Å². The maximum absolute atomic E-state index is 4.71. The number of thiazole rings is 1. The first-order chi connectivity index (χ1) is 12.3. The van der Waals surface area contributed by atoms with Crippen molar-refractivity contribution in [1.29, 1.82) is 0 Å². The summed E-state index contributed by atoms with van der Waals surface area (Å²) in [6.45, 7) is 8.57. The molecular weight excluding hydrogens is 330 g/mol. The number of aromatic nitrogens is 2. The van der Waals surface area contributed by atoms with Gasteiger partial charge in [-0.2, -0.15) is 0 Å². The first kappa shape index (κ1) is 16.2. The number of hydrogen-bond donors (Lipinski definition) is 0. The summed E-state index contributed by atoms with van der Waals surface area (Å²) in [6.07, 6.45) is 11.5. The third kappa shape index (κ3) is 3.37. The summed E-state index contributed by atoms with van der Waals surface area (Å²) in [7, 11) is 0. The molecule has 3 fully saturated rings. The molecule has 5 nitrogen and oxygen atoms in total. The maximum atomic E-state index is 4.71. The minimum atomic E-state index is 0.775. The van der Waals surface area contributed by atoms with Crippen molar-refractivity contribution < 1.29 is 0 Å². The van der Waals surface area contributed by atoms with E-state index in [2.05, 4.69) is 36.9 Å². The molecule has 2 aromatic rings. The summed E-state index contributed by atoms with van der Waals surface area (Å²) in [5.74, 6) is 0. The second-order valence-electron chi connectivity index (χ2n) is 8.04. The van der Waals surface area contributed by atoms with Crippen molar-refractivity contribution in [1.82, 2.24) is 24.1 Å². The van der Waals surface area contributed by atoms with Crippen LogP contribution in [0.1, 0.15) is 37.8 Å². The quantitative estimate of drug-likeness (QED) is 0.838. The summed E-state index contributed by atoms with van der Waals surface area (Å²) in [5, 5.41) is 2.10. The van der Waals surface area contributed by atoms with E-state index in [4.69, 9.17) is 4.98 Å². The summed E-state index contributed by atoms with van der Waals surface area (Å²) < 4.78 is 2.14. The molecule has 3 aliphatic rings. The molecule has 0 N–H and O–H groups in total. The third-order valence-electron chi connectivity index (χ3n) is 6.42. The van der Waals surface area contributed by atoms with E-state index in [1.165, 1.54) is 77.1 Å². The number of fused-ring (bicyclic) bond motifs is 1. The van der Waals surface area contributed by atoms with Gasteiger partial charge in [0.05, 0.1) is 5.69 Å². The van der Waals surface area contributed by atoms with Gasteiger partial charge < -0.3 is 0 Å². The topological polar surface area (TPSA) is 27.0 Å². The molecule has 2 aromatic heterocycles. The number of piperazine rings is 1. The van der Waals surface area contributed by atoms with Crippen LogP contribution < -0.4 is 0 Å². The van der Waals surface area contributed by atoms with Crippen LogP contribution in [0.2, 0.25) is 0 Å². The Bertz CT molecular complexity index is 661. The first-order valence-electron chi connectivity index (χ1n) is 9.97. The van der Waals surface area contributed by atoms with Crippen molar-refractivity contribution in [3.05, 3.63) is 23.5 Å². The minimum absolute atomic E-state index is 0.775. The molecule has 0 bridgehead atoms. The molecule has 5 rings (SSSR count). The zero-order valence-corrected chi connectivity index (χ0v) is 15.8. The first-order valence-corrected chi connectivity index (χ1v) is 10.8. The molecule has 6 heteroatoms. The largest absolute Gasteiger partial charge is 0.298 e. The number of rotatable bonds is 4. The number of likely N-dealkylation sites (tertiary alicyclic amines) is 1. The van der Waals surface area contributed by atoms with Gasteiger partial charge in [0.25, 0.3) is 0 Å². The Hall–Kier alpha value is -0.950. The van der Waals surface area contributed by atoms with Gasteiger partial charge in [0.2, 0.25) is 0 Å². The third-order valence-corrected chi connectivity index (χ3v) is 7.19. The summed E-state index contributed by atoms with van der Waals surface area (Å²) in [5.41, 5.74) is 1.22. The highest BCUT2D eigenvalue weighted by Crippen LogP contribution is 2.25. The van der Waals surface area contributed by atoms with Gasteiger partial charge in [-0.25, -0.2) is 4.98 Å². The van der Waals surface area contributed by atoms with E-state index in [-0.39, 0.29) is 0 Å². The average Bonchev–Trinajstić information content (AvgIpc) is 3.20. The second-order valence-corrected chi connectivity index (χ2v) is 8.91. The zero-order valence-electron chi connectivity index (χ0n) is 15.0. The molecule has 0 radical (unpaired) electrons. The second kappa shape index (κ2) is 6.99. The van der Waals surface area contributed by atoms with Crippen molar-refractivity contribution >= 4 is 16.3 Å². The molecule has 25 heavy (non-hydrogen) atoms. The monoisotopic (exact) mass is 359 g/mol. The van der Waals surface area contributed by atoms with E-state index in [0.29, 0.717) is 0 Å². The molecule has 2 saturated heterocycles. The lowest BCUT2D eigenvalue weighted by Crippen LogP contribution is -2.63. The predicted octanol–water partition coefficient (Wildman–Crippen LogP) is 2.53. The van der Waals surface area contributed by atoms with Gasteiger partial charge in [0.1, 0.15) is 0 Å². The van der Waals surface area contributed by atoms with Crippen LogP contribution in [0.15, 0.2) is 17.8 Å². The predicted molar refractivity (Wildman–Crippen MR) is 102 cm³/mol. The number of hydrogen-bond acceptors (Lipinski definition) is 5. The molecule has 0 aromatic carbocycles. The summed E-state index contributed by atoms with van der Waals surface area (Å²) in [4.78, 5) is 13.9. The maximum Gasteiger partial charge on any atom is 0.193 e. The molecule has 1 saturated carbocycles. The highest BCUT2D eigenvalue weighted by atomic mass is 32.1. The van der Waals surface area contributed by atoms with E-state index in [1.54, 1.807) is 11.3 Å². The highest BCUT2D eigenvalue weighted by Gasteiger charge is 2.34. The fraction of sp³-hybridized carbons (Fsp3) is 0.737. The van der Waals surface area contributed by atoms with Gasteiger partial charge in [-0.3, -0.25) is 19.1 Å². The normalized spacial score (nSPS) is 25.6. The lowest BCUT2D eigenvalue weighted by molar-refractivity contribution is -0.0108. The minimum Gasteiger partial charge on any atom is -0.298 e. The lowest BCUT2D eigenvalue weighted by Gasteiger charge is -2.49. The Morgan fingerprint density at radius 1 is 0.960 bits per heavy atom. The van der Waals surface area contributed by atoms with Crippen molar-refractivity contribution in [2.75, 3.05) is 39.3 Å². The zero-order chi connectivity index (χ0) is 16.6.